The van der Waals surface area contributed by atoms with Gasteiger partial charge in [-0.05, 0) is 30.7 Å². The first-order valence-corrected chi connectivity index (χ1v) is 6.21. The zero-order chi connectivity index (χ0) is 12.7. The minimum atomic E-state index is -0.783. The Bertz CT molecular complexity index is 463. The van der Waals surface area contributed by atoms with Crippen LogP contribution in [-0.2, 0) is 4.79 Å². The number of carbonyl (C=O) groups is 2. The van der Waals surface area contributed by atoms with Crippen molar-refractivity contribution < 1.29 is 19.1 Å². The first-order chi connectivity index (χ1) is 8.66. The normalized spacial score (nSPS) is 27.4. The Hall–Kier alpha value is -1.78. The molecule has 1 saturated heterocycles. The number of hydrogen-bond acceptors (Lipinski definition) is 3. The van der Waals surface area contributed by atoms with Gasteiger partial charge in [-0.3, -0.25) is 9.59 Å². The summed E-state index contributed by atoms with van der Waals surface area (Å²) in [5.41, 5.74) is 0.496. The van der Waals surface area contributed by atoms with Crippen LogP contribution in [0.15, 0.2) is 23.0 Å². The molecule has 3 rings (SSSR count). The fourth-order valence-electron chi connectivity index (χ4n) is 2.83. The van der Waals surface area contributed by atoms with Gasteiger partial charge < -0.3 is 14.4 Å². The molecule has 1 aromatic heterocycles. The number of carbonyl (C=O) groups excluding carboxylic acids is 1. The van der Waals surface area contributed by atoms with Crippen LogP contribution >= 0.6 is 0 Å². The van der Waals surface area contributed by atoms with E-state index in [1.807, 2.05) is 0 Å². The molecule has 0 spiro atoms. The van der Waals surface area contributed by atoms with Crippen LogP contribution in [0.4, 0.5) is 0 Å². The predicted octanol–water partition coefficient (Wildman–Crippen LogP) is 1.46. The van der Waals surface area contributed by atoms with Gasteiger partial charge >= 0.3 is 5.97 Å². The van der Waals surface area contributed by atoms with Crippen molar-refractivity contribution in [3.63, 3.8) is 0 Å². The van der Waals surface area contributed by atoms with E-state index in [2.05, 4.69) is 0 Å². The van der Waals surface area contributed by atoms with Gasteiger partial charge in [-0.15, -0.1) is 0 Å². The van der Waals surface area contributed by atoms with E-state index in [1.54, 1.807) is 11.0 Å². The number of furan rings is 1. The van der Waals surface area contributed by atoms with Crippen molar-refractivity contribution in [3.8, 4) is 0 Å². The summed E-state index contributed by atoms with van der Waals surface area (Å²) in [4.78, 5) is 25.0. The van der Waals surface area contributed by atoms with Gasteiger partial charge in [-0.2, -0.15) is 0 Å². The van der Waals surface area contributed by atoms with E-state index in [9.17, 15) is 14.7 Å². The Morgan fingerprint density at radius 1 is 1.33 bits per heavy atom. The highest BCUT2D eigenvalue weighted by Gasteiger charge is 2.46. The molecule has 0 bridgehead atoms. The van der Waals surface area contributed by atoms with Crippen LogP contribution in [0, 0.1) is 17.8 Å². The molecule has 5 nitrogen and oxygen atoms in total. The number of carboxylic acids is 1. The number of aliphatic carboxylic acids is 1. The fraction of sp³-hybridized carbons (Fsp3) is 0.538. The number of nitrogens with zero attached hydrogens (tertiary/aromatic N) is 1. The highest BCUT2D eigenvalue weighted by Crippen LogP contribution is 2.44. The lowest BCUT2D eigenvalue weighted by atomic mass is 9.92. The quantitative estimate of drug-likeness (QED) is 0.880. The van der Waals surface area contributed by atoms with E-state index in [-0.39, 0.29) is 11.8 Å². The average molecular weight is 249 g/mol. The summed E-state index contributed by atoms with van der Waals surface area (Å²) < 4.78 is 4.89. The molecule has 1 N–H and O–H groups in total. The van der Waals surface area contributed by atoms with Crippen molar-refractivity contribution in [2.45, 2.75) is 12.8 Å². The molecule has 0 radical (unpaired) electrons. The maximum Gasteiger partial charge on any atom is 0.308 e. The van der Waals surface area contributed by atoms with Crippen LogP contribution in [0.1, 0.15) is 23.2 Å². The number of likely N-dealkylation sites (tertiary alicyclic amines) is 1. The third kappa shape index (κ3) is 1.89. The van der Waals surface area contributed by atoms with E-state index >= 15 is 0 Å². The molecule has 5 heteroatoms. The van der Waals surface area contributed by atoms with Gasteiger partial charge in [0.15, 0.2) is 0 Å². The van der Waals surface area contributed by atoms with Gasteiger partial charge in [0.05, 0.1) is 17.7 Å². The second-order valence-corrected chi connectivity index (χ2v) is 5.17. The third-order valence-electron chi connectivity index (χ3n) is 3.97. The summed E-state index contributed by atoms with van der Waals surface area (Å²) >= 11 is 0. The summed E-state index contributed by atoms with van der Waals surface area (Å²) in [5, 5.41) is 9.23. The average Bonchev–Trinajstić information content (AvgIpc) is 2.91. The van der Waals surface area contributed by atoms with E-state index < -0.39 is 11.9 Å². The molecule has 2 atom stereocenters. The molecular weight excluding hydrogens is 234 g/mol. The molecule has 1 aromatic rings. The van der Waals surface area contributed by atoms with E-state index in [0.29, 0.717) is 24.6 Å². The van der Waals surface area contributed by atoms with E-state index in [1.165, 1.54) is 12.5 Å². The molecule has 0 unspecified atom stereocenters. The Labute approximate surface area is 104 Å². The monoisotopic (exact) mass is 249 g/mol. The summed E-state index contributed by atoms with van der Waals surface area (Å²) in [7, 11) is 0. The van der Waals surface area contributed by atoms with Gasteiger partial charge in [0, 0.05) is 13.1 Å². The number of hydrogen-bond donors (Lipinski definition) is 1. The second kappa shape index (κ2) is 4.15. The van der Waals surface area contributed by atoms with Crippen molar-refractivity contribution in [1.82, 2.24) is 4.90 Å². The van der Waals surface area contributed by atoms with Crippen molar-refractivity contribution in [2.75, 3.05) is 13.1 Å². The topological polar surface area (TPSA) is 70.8 Å². The number of rotatable bonds is 3. The molecule has 2 fully saturated rings. The lowest BCUT2D eigenvalue weighted by Gasteiger charge is -2.14. The standard InChI is InChI=1S/C13H15NO4/c15-12(9-3-4-18-7-9)14-5-10(8-1-2-8)11(6-14)13(16)17/h3-4,7-8,10-11H,1-2,5-6H2,(H,16,17)/t10-,11+/m1/s1. The lowest BCUT2D eigenvalue weighted by Crippen LogP contribution is -2.29. The molecule has 18 heavy (non-hydrogen) atoms. The predicted molar refractivity (Wildman–Crippen MR) is 62.0 cm³/mol. The summed E-state index contributed by atoms with van der Waals surface area (Å²) in [6, 6.07) is 1.61. The first-order valence-electron chi connectivity index (χ1n) is 6.21. The number of carboxylic acid groups (broad SMARTS) is 1. The zero-order valence-corrected chi connectivity index (χ0v) is 9.91. The third-order valence-corrected chi connectivity index (χ3v) is 3.97. The van der Waals surface area contributed by atoms with Crippen LogP contribution < -0.4 is 0 Å². The summed E-state index contributed by atoms with van der Waals surface area (Å²) in [6.07, 6.45) is 5.06. The largest absolute Gasteiger partial charge is 0.481 e. The van der Waals surface area contributed by atoms with Gasteiger partial charge in [0.2, 0.25) is 0 Å². The fourth-order valence-corrected chi connectivity index (χ4v) is 2.83. The van der Waals surface area contributed by atoms with Gasteiger partial charge in [0.25, 0.3) is 5.91 Å². The van der Waals surface area contributed by atoms with Gasteiger partial charge in [0.1, 0.15) is 6.26 Å². The maximum atomic E-state index is 12.1. The Morgan fingerprint density at radius 2 is 2.11 bits per heavy atom. The van der Waals surface area contributed by atoms with Crippen LogP contribution in [0.3, 0.4) is 0 Å². The SMILES string of the molecule is O=C(O)[C@H]1CN(C(=O)c2ccoc2)C[C@@H]1C1CC1. The van der Waals surface area contributed by atoms with Crippen molar-refractivity contribution in [1.29, 1.82) is 0 Å². The smallest absolute Gasteiger partial charge is 0.308 e. The Morgan fingerprint density at radius 3 is 2.67 bits per heavy atom. The van der Waals surface area contributed by atoms with E-state index in [0.717, 1.165) is 12.8 Å². The van der Waals surface area contributed by atoms with Gasteiger partial charge in [-0.1, -0.05) is 0 Å². The maximum absolute atomic E-state index is 12.1. The molecule has 1 aliphatic carbocycles. The zero-order valence-electron chi connectivity index (χ0n) is 9.91. The van der Waals surface area contributed by atoms with E-state index in [4.69, 9.17) is 4.42 Å². The van der Waals surface area contributed by atoms with Crippen molar-refractivity contribution in [2.24, 2.45) is 17.8 Å². The second-order valence-electron chi connectivity index (χ2n) is 5.17. The Kier molecular flexibility index (Phi) is 2.61. The molecule has 96 valence electrons. The van der Waals surface area contributed by atoms with Crippen LogP contribution in [0.25, 0.3) is 0 Å². The Balaban J connectivity index is 1.75. The summed E-state index contributed by atoms with van der Waals surface area (Å²) in [5.74, 6) is -0.701. The molecule has 1 amide bonds. The molecule has 0 aromatic carbocycles. The van der Waals surface area contributed by atoms with Crippen molar-refractivity contribution in [3.05, 3.63) is 24.2 Å². The van der Waals surface area contributed by atoms with Gasteiger partial charge in [-0.25, -0.2) is 0 Å². The first kappa shape index (κ1) is 11.3. The molecule has 2 aliphatic rings. The minimum Gasteiger partial charge on any atom is -0.481 e. The highest BCUT2D eigenvalue weighted by atomic mass is 16.4. The highest BCUT2D eigenvalue weighted by molar-refractivity contribution is 5.94. The lowest BCUT2D eigenvalue weighted by molar-refractivity contribution is -0.142. The molecule has 2 heterocycles. The molecule has 1 aliphatic heterocycles. The molecule has 1 saturated carbocycles. The minimum absolute atomic E-state index is 0.123. The number of amides is 1. The van der Waals surface area contributed by atoms with Crippen LogP contribution in [0.2, 0.25) is 0 Å². The van der Waals surface area contributed by atoms with Crippen LogP contribution in [0.5, 0.6) is 0 Å². The molecular formula is C13H15NO4. The summed E-state index contributed by atoms with van der Waals surface area (Å²) in [6.45, 7) is 0.881. The van der Waals surface area contributed by atoms with Crippen molar-refractivity contribution >= 4 is 11.9 Å². The van der Waals surface area contributed by atoms with Crippen LogP contribution in [-0.4, -0.2) is 35.0 Å².